The lowest BCUT2D eigenvalue weighted by molar-refractivity contribution is 1.18. The second-order valence-electron chi connectivity index (χ2n) is 18.1. The van der Waals surface area contributed by atoms with E-state index < -0.39 is 0 Å². The molecule has 14 rings (SSSR count). The summed E-state index contributed by atoms with van der Waals surface area (Å²) in [4.78, 5) is 0. The van der Waals surface area contributed by atoms with Crippen LogP contribution in [0.25, 0.3) is 131 Å². The van der Waals surface area contributed by atoms with E-state index in [0.29, 0.717) is 0 Å². The number of hydrogen-bond donors (Lipinski definition) is 0. The van der Waals surface area contributed by atoms with E-state index in [0.717, 1.165) is 5.69 Å². The van der Waals surface area contributed by atoms with Crippen molar-refractivity contribution in [2.45, 2.75) is 0 Å². The number of aromatic nitrogens is 2. The maximum atomic E-state index is 2.45. The van der Waals surface area contributed by atoms with Crippen LogP contribution in [0.5, 0.6) is 0 Å². The predicted octanol–water partition coefficient (Wildman–Crippen LogP) is 18.6. The van der Waals surface area contributed by atoms with Gasteiger partial charge in [0.2, 0.25) is 0 Å². The van der Waals surface area contributed by atoms with Crippen LogP contribution in [0.15, 0.2) is 255 Å². The van der Waals surface area contributed by atoms with Crippen molar-refractivity contribution >= 4 is 75.1 Å². The van der Waals surface area contributed by atoms with Crippen molar-refractivity contribution in [2.75, 3.05) is 0 Å². The fraction of sp³-hybridized carbons (Fsp3) is 0. The van der Waals surface area contributed by atoms with E-state index in [9.17, 15) is 0 Å². The molecule has 14 aromatic rings. The topological polar surface area (TPSA) is 9.86 Å². The zero-order valence-corrected chi connectivity index (χ0v) is 38.4. The summed E-state index contributed by atoms with van der Waals surface area (Å²) in [6, 6.07) is 93.8. The number of hydrogen-bond acceptors (Lipinski definition) is 1. The molecular formula is C66H42N2S. The summed E-state index contributed by atoms with van der Waals surface area (Å²) in [6.45, 7) is 0. The Morgan fingerprint density at radius 3 is 1.36 bits per heavy atom. The Bertz CT molecular complexity index is 4290. The molecule has 11 aromatic carbocycles. The van der Waals surface area contributed by atoms with E-state index in [-0.39, 0.29) is 0 Å². The van der Waals surface area contributed by atoms with Gasteiger partial charge in [-0.3, -0.25) is 0 Å². The molecule has 0 saturated heterocycles. The molecule has 0 bridgehead atoms. The van der Waals surface area contributed by atoms with Crippen LogP contribution >= 0.6 is 11.3 Å². The molecule has 322 valence electrons. The van der Waals surface area contributed by atoms with E-state index in [1.807, 2.05) is 11.3 Å². The van der Waals surface area contributed by atoms with Crippen molar-refractivity contribution in [3.63, 3.8) is 0 Å². The molecule has 0 atom stereocenters. The molecule has 0 aliphatic carbocycles. The van der Waals surface area contributed by atoms with Crippen LogP contribution in [-0.2, 0) is 0 Å². The molecule has 0 fully saturated rings. The highest BCUT2D eigenvalue weighted by Gasteiger charge is 2.19. The van der Waals surface area contributed by atoms with Gasteiger partial charge in [0.05, 0.1) is 22.1 Å². The fourth-order valence-electron chi connectivity index (χ4n) is 10.9. The van der Waals surface area contributed by atoms with Gasteiger partial charge < -0.3 is 9.13 Å². The van der Waals surface area contributed by atoms with E-state index in [1.165, 1.54) is 125 Å². The summed E-state index contributed by atoms with van der Waals surface area (Å²) >= 11 is 1.86. The van der Waals surface area contributed by atoms with Crippen molar-refractivity contribution < 1.29 is 0 Å². The zero-order valence-electron chi connectivity index (χ0n) is 37.6. The fourth-order valence-corrected chi connectivity index (χ4v) is 11.9. The molecule has 3 aromatic heterocycles. The molecule has 3 heteroatoms. The van der Waals surface area contributed by atoms with Gasteiger partial charge in [0.1, 0.15) is 0 Å². The monoisotopic (exact) mass is 894 g/mol. The first-order valence-electron chi connectivity index (χ1n) is 23.6. The molecular weight excluding hydrogens is 853 g/mol. The lowest BCUT2D eigenvalue weighted by Crippen LogP contribution is -1.94. The number of nitrogens with zero attached hydrogens (tertiary/aromatic N) is 2. The molecule has 69 heavy (non-hydrogen) atoms. The standard InChI is InChI=1S/C66H42N2S/c1-4-15-43(16-5-1)46-21-14-22-51(37-46)67-63-34-29-49(40-58(63)59-41-50(30-35-64(59)67)53-32-27-47(44-17-6-2-7-18-44)38-56(53)45-19-8-3-9-20-45)48-28-33-62-57(39-48)54-23-10-12-25-61(54)68(62)52-31-36-66-60(42-52)55-24-11-13-26-65(55)69-66/h1-42H. The van der Waals surface area contributed by atoms with Crippen molar-refractivity contribution in [1.82, 2.24) is 9.13 Å². The summed E-state index contributed by atoms with van der Waals surface area (Å²) in [5.41, 5.74) is 19.1. The minimum absolute atomic E-state index is 1.14. The minimum atomic E-state index is 1.14. The van der Waals surface area contributed by atoms with Crippen LogP contribution < -0.4 is 0 Å². The van der Waals surface area contributed by atoms with E-state index in [4.69, 9.17) is 0 Å². The van der Waals surface area contributed by atoms with Gasteiger partial charge in [-0.1, -0.05) is 170 Å². The lowest BCUT2D eigenvalue weighted by Gasteiger charge is -2.14. The molecule has 0 N–H and O–H groups in total. The SMILES string of the molecule is c1ccc(-c2cccc(-n3c4ccc(-c5ccc6c(c5)c5ccccc5n6-c5ccc6sc7ccccc7c6c5)cc4c4cc(-c5ccc(-c6ccccc6)cc5-c5ccccc5)ccc43)c2)cc1. The molecule has 0 radical (unpaired) electrons. The van der Waals surface area contributed by atoms with Crippen molar-refractivity contribution in [3.8, 4) is 67.0 Å². The average Bonchev–Trinajstić information content (AvgIpc) is 4.08. The molecule has 0 aliphatic rings. The number of rotatable bonds is 7. The first kappa shape index (κ1) is 39.4. The van der Waals surface area contributed by atoms with Crippen LogP contribution in [0.4, 0.5) is 0 Å². The Hall–Kier alpha value is -8.76. The van der Waals surface area contributed by atoms with Crippen LogP contribution in [0.3, 0.4) is 0 Å². The van der Waals surface area contributed by atoms with E-state index in [1.54, 1.807) is 0 Å². The predicted molar refractivity (Wildman–Crippen MR) is 295 cm³/mol. The Morgan fingerprint density at radius 2 is 0.681 bits per heavy atom. The normalized spacial score (nSPS) is 11.8. The summed E-state index contributed by atoms with van der Waals surface area (Å²) in [5, 5.41) is 7.54. The van der Waals surface area contributed by atoms with Gasteiger partial charge in [0.15, 0.2) is 0 Å². The Balaban J connectivity index is 0.960. The lowest BCUT2D eigenvalue weighted by atomic mass is 9.90. The third-order valence-corrected chi connectivity index (χ3v) is 15.3. The summed E-state index contributed by atoms with van der Waals surface area (Å²) < 4.78 is 7.53. The van der Waals surface area contributed by atoms with Crippen LogP contribution in [0, 0.1) is 0 Å². The minimum Gasteiger partial charge on any atom is -0.309 e. The average molecular weight is 895 g/mol. The summed E-state index contributed by atoms with van der Waals surface area (Å²) in [7, 11) is 0. The Labute approximate surface area is 403 Å². The van der Waals surface area contributed by atoms with Gasteiger partial charge in [0, 0.05) is 53.1 Å². The third-order valence-electron chi connectivity index (χ3n) is 14.1. The highest BCUT2D eigenvalue weighted by atomic mass is 32.1. The molecule has 0 saturated carbocycles. The first-order valence-corrected chi connectivity index (χ1v) is 24.5. The molecule has 0 spiro atoms. The van der Waals surface area contributed by atoms with Gasteiger partial charge in [-0.05, 0) is 141 Å². The van der Waals surface area contributed by atoms with E-state index >= 15 is 0 Å². The van der Waals surface area contributed by atoms with Crippen LogP contribution in [0.2, 0.25) is 0 Å². The van der Waals surface area contributed by atoms with Gasteiger partial charge in [-0.15, -0.1) is 11.3 Å². The van der Waals surface area contributed by atoms with Crippen LogP contribution in [0.1, 0.15) is 0 Å². The second kappa shape index (κ2) is 16.0. The molecule has 2 nitrogen and oxygen atoms in total. The molecule has 0 aliphatic heterocycles. The first-order chi connectivity index (χ1) is 34.2. The molecule has 3 heterocycles. The van der Waals surface area contributed by atoms with Crippen molar-refractivity contribution in [1.29, 1.82) is 0 Å². The second-order valence-corrected chi connectivity index (χ2v) is 19.2. The van der Waals surface area contributed by atoms with Crippen molar-refractivity contribution in [3.05, 3.63) is 255 Å². The molecule has 0 amide bonds. The maximum absolute atomic E-state index is 2.45. The van der Waals surface area contributed by atoms with Gasteiger partial charge in [0.25, 0.3) is 0 Å². The maximum Gasteiger partial charge on any atom is 0.0541 e. The van der Waals surface area contributed by atoms with Gasteiger partial charge in [-0.25, -0.2) is 0 Å². The molecule has 0 unspecified atom stereocenters. The number of thiophene rings is 1. The van der Waals surface area contributed by atoms with E-state index in [2.05, 4.69) is 264 Å². The summed E-state index contributed by atoms with van der Waals surface area (Å²) in [6.07, 6.45) is 0. The van der Waals surface area contributed by atoms with Gasteiger partial charge >= 0.3 is 0 Å². The number of fused-ring (bicyclic) bond motifs is 9. The highest BCUT2D eigenvalue weighted by molar-refractivity contribution is 7.25. The van der Waals surface area contributed by atoms with Crippen molar-refractivity contribution in [2.24, 2.45) is 0 Å². The number of benzene rings is 11. The Kier molecular flexibility index (Phi) is 9.11. The Morgan fingerprint density at radius 1 is 0.217 bits per heavy atom. The smallest absolute Gasteiger partial charge is 0.0541 e. The van der Waals surface area contributed by atoms with Gasteiger partial charge in [-0.2, -0.15) is 0 Å². The summed E-state index contributed by atoms with van der Waals surface area (Å²) in [5.74, 6) is 0. The highest BCUT2D eigenvalue weighted by Crippen LogP contribution is 2.43. The number of para-hydroxylation sites is 1. The third kappa shape index (κ3) is 6.54. The largest absolute Gasteiger partial charge is 0.309 e. The zero-order chi connectivity index (χ0) is 45.4. The van der Waals surface area contributed by atoms with Crippen LogP contribution in [-0.4, -0.2) is 9.13 Å². The quantitative estimate of drug-likeness (QED) is 0.151.